The first kappa shape index (κ1) is 9.80. The van der Waals surface area contributed by atoms with Gasteiger partial charge in [0.1, 0.15) is 4.11 Å². The van der Waals surface area contributed by atoms with Gasteiger partial charge in [-0.3, -0.25) is 0 Å². The monoisotopic (exact) mass is 268 g/mol. The summed E-state index contributed by atoms with van der Waals surface area (Å²) in [7, 11) is -4.45. The summed E-state index contributed by atoms with van der Waals surface area (Å²) >= 11 is 1.79. The number of alkyl halides is 1. The van der Waals surface area contributed by atoms with E-state index in [0.717, 1.165) is 0 Å². The summed E-state index contributed by atoms with van der Waals surface area (Å²) in [4.78, 5) is 20.2. The van der Waals surface area contributed by atoms with E-state index in [1.807, 2.05) is 0 Å². The molecule has 1 atom stereocenters. The first-order chi connectivity index (χ1) is 3.92. The highest BCUT2D eigenvalue weighted by Gasteiger charge is 2.16. The van der Waals surface area contributed by atoms with E-state index in [1.54, 1.807) is 29.5 Å². The Morgan fingerprint density at radius 3 is 2.22 bits per heavy atom. The third-order valence-electron chi connectivity index (χ3n) is 0.273. The molecular formula is C2H6IO5P. The lowest BCUT2D eigenvalue weighted by atomic mass is 10.9. The van der Waals surface area contributed by atoms with Gasteiger partial charge in [0.2, 0.25) is 0 Å². The summed E-state index contributed by atoms with van der Waals surface area (Å²) in [6.07, 6.45) is 0. The summed E-state index contributed by atoms with van der Waals surface area (Å²) < 4.78 is 13.2. The highest BCUT2D eigenvalue weighted by Crippen LogP contribution is 2.36. The molecule has 0 aliphatic heterocycles. The number of rotatable bonds is 3. The second kappa shape index (κ2) is 3.85. The van der Waals surface area contributed by atoms with E-state index in [4.69, 9.17) is 9.79 Å². The zero-order valence-electron chi connectivity index (χ0n) is 4.52. The number of hydrogen-bond donors (Lipinski definition) is 2. The summed E-state index contributed by atoms with van der Waals surface area (Å²) in [5.74, 6) is 0. The minimum absolute atomic E-state index is 0.379. The van der Waals surface area contributed by atoms with Crippen LogP contribution in [0.1, 0.15) is 6.92 Å². The third kappa shape index (κ3) is 8.80. The lowest BCUT2D eigenvalue weighted by molar-refractivity contribution is -0.224. The van der Waals surface area contributed by atoms with Gasteiger partial charge in [0.05, 0.1) is 0 Å². The average molecular weight is 268 g/mol. The van der Waals surface area contributed by atoms with Crippen LogP contribution >= 0.6 is 30.4 Å². The largest absolute Gasteiger partial charge is 0.496 e. The molecule has 0 spiro atoms. The minimum atomic E-state index is -4.45. The van der Waals surface area contributed by atoms with Crippen molar-refractivity contribution in [3.63, 3.8) is 0 Å². The molecule has 1 unspecified atom stereocenters. The Bertz CT molecular complexity index is 118. The zero-order valence-corrected chi connectivity index (χ0v) is 7.57. The topological polar surface area (TPSA) is 76.0 Å². The SMILES string of the molecule is CC(I)OOP(=O)(O)O. The van der Waals surface area contributed by atoms with E-state index in [1.165, 1.54) is 0 Å². The molecule has 0 heterocycles. The Morgan fingerprint density at radius 2 is 2.11 bits per heavy atom. The van der Waals surface area contributed by atoms with Crippen molar-refractivity contribution in [2.75, 3.05) is 0 Å². The summed E-state index contributed by atoms with van der Waals surface area (Å²) in [6, 6.07) is 0. The second-order valence-corrected chi connectivity index (χ2v) is 4.09. The van der Waals surface area contributed by atoms with Crippen molar-refractivity contribution in [1.29, 1.82) is 0 Å². The van der Waals surface area contributed by atoms with Crippen molar-refractivity contribution in [1.82, 2.24) is 0 Å². The maximum Gasteiger partial charge on any atom is 0.496 e. The molecule has 0 saturated carbocycles. The summed E-state index contributed by atoms with van der Waals surface area (Å²) in [5, 5.41) is 0. The Balaban J connectivity index is 3.40. The summed E-state index contributed by atoms with van der Waals surface area (Å²) in [6.45, 7) is 1.58. The molecule has 0 amide bonds. The van der Waals surface area contributed by atoms with Crippen molar-refractivity contribution in [2.24, 2.45) is 0 Å². The molecule has 0 aliphatic rings. The molecule has 7 heteroatoms. The van der Waals surface area contributed by atoms with E-state index in [9.17, 15) is 4.57 Å². The molecule has 0 fully saturated rings. The number of phosphoric acid groups is 1. The number of hydrogen-bond acceptors (Lipinski definition) is 3. The molecule has 56 valence electrons. The molecule has 2 N–H and O–H groups in total. The fourth-order valence-corrected chi connectivity index (χ4v) is 0.625. The lowest BCUT2D eigenvalue weighted by Gasteiger charge is -2.04. The highest BCUT2D eigenvalue weighted by atomic mass is 127. The zero-order chi connectivity index (χ0) is 7.49. The van der Waals surface area contributed by atoms with Crippen molar-refractivity contribution in [2.45, 2.75) is 11.0 Å². The fourth-order valence-electron chi connectivity index (χ4n) is 0.115. The van der Waals surface area contributed by atoms with Crippen LogP contribution in [0.25, 0.3) is 0 Å². The van der Waals surface area contributed by atoms with E-state index in [0.29, 0.717) is 0 Å². The summed E-state index contributed by atoms with van der Waals surface area (Å²) in [5.41, 5.74) is 0. The fraction of sp³-hybridized carbons (Fsp3) is 1.00. The van der Waals surface area contributed by atoms with E-state index < -0.39 is 7.82 Å². The molecule has 0 aliphatic carbocycles. The van der Waals surface area contributed by atoms with Crippen molar-refractivity contribution >= 4 is 30.4 Å². The molecule has 0 aromatic rings. The van der Waals surface area contributed by atoms with Crippen molar-refractivity contribution in [3.8, 4) is 0 Å². The van der Waals surface area contributed by atoms with Gasteiger partial charge in [-0.25, -0.2) is 9.45 Å². The first-order valence-electron chi connectivity index (χ1n) is 1.96. The van der Waals surface area contributed by atoms with Gasteiger partial charge in [0.25, 0.3) is 0 Å². The predicted octanol–water partition coefficient (Wildman–Crippen LogP) is 0.808. The van der Waals surface area contributed by atoms with Crippen LogP contribution in [0.2, 0.25) is 0 Å². The molecule has 0 bridgehead atoms. The standard InChI is InChI=1S/C2H6IO5P/c1-2(3)7-8-9(4,5)6/h2H,1H3,(H2,4,5,6). The smallest absolute Gasteiger partial charge is 0.301 e. The van der Waals surface area contributed by atoms with E-state index in [-0.39, 0.29) is 4.11 Å². The minimum Gasteiger partial charge on any atom is -0.301 e. The van der Waals surface area contributed by atoms with E-state index in [2.05, 4.69) is 9.56 Å². The number of halogens is 1. The average Bonchev–Trinajstić information content (AvgIpc) is 1.59. The van der Waals surface area contributed by atoms with Gasteiger partial charge in [0.15, 0.2) is 0 Å². The van der Waals surface area contributed by atoms with Crippen molar-refractivity contribution < 1.29 is 23.9 Å². The van der Waals surface area contributed by atoms with Crippen LogP contribution in [0.3, 0.4) is 0 Å². The Labute approximate surface area is 65.7 Å². The Morgan fingerprint density at radius 1 is 1.67 bits per heavy atom. The van der Waals surface area contributed by atoms with Crippen LogP contribution in [-0.4, -0.2) is 13.9 Å². The molecule has 9 heavy (non-hydrogen) atoms. The maximum atomic E-state index is 9.88. The van der Waals surface area contributed by atoms with Crippen LogP contribution in [0.15, 0.2) is 0 Å². The van der Waals surface area contributed by atoms with Gasteiger partial charge in [-0.05, 0) is 29.5 Å². The van der Waals surface area contributed by atoms with Gasteiger partial charge in [-0.1, -0.05) is 0 Å². The van der Waals surface area contributed by atoms with Gasteiger partial charge in [0, 0.05) is 0 Å². The maximum absolute atomic E-state index is 9.88. The molecule has 5 nitrogen and oxygen atoms in total. The normalized spacial score (nSPS) is 15.6. The van der Waals surface area contributed by atoms with Gasteiger partial charge in [-0.15, -0.1) is 4.67 Å². The van der Waals surface area contributed by atoms with Crippen LogP contribution < -0.4 is 0 Å². The molecule has 0 aromatic carbocycles. The molecule has 0 aromatic heterocycles. The molecule has 0 rings (SSSR count). The van der Waals surface area contributed by atoms with Crippen molar-refractivity contribution in [3.05, 3.63) is 0 Å². The molecule has 0 radical (unpaired) electrons. The highest BCUT2D eigenvalue weighted by molar-refractivity contribution is 14.1. The predicted molar refractivity (Wildman–Crippen MR) is 37.7 cm³/mol. The van der Waals surface area contributed by atoms with Gasteiger partial charge >= 0.3 is 7.82 Å². The van der Waals surface area contributed by atoms with E-state index >= 15 is 0 Å². The second-order valence-electron chi connectivity index (χ2n) is 1.20. The quantitative estimate of drug-likeness (QED) is 0.260. The van der Waals surface area contributed by atoms with Crippen LogP contribution in [0.4, 0.5) is 0 Å². The van der Waals surface area contributed by atoms with Crippen LogP contribution in [0, 0.1) is 0 Å². The van der Waals surface area contributed by atoms with Crippen LogP contribution in [-0.2, 0) is 14.1 Å². The molecule has 0 saturated heterocycles. The van der Waals surface area contributed by atoms with Gasteiger partial charge in [-0.2, -0.15) is 0 Å². The van der Waals surface area contributed by atoms with Gasteiger partial charge < -0.3 is 9.79 Å². The lowest BCUT2D eigenvalue weighted by Crippen LogP contribution is -1.97. The Hall–Kier alpha value is 0.800. The molecular weight excluding hydrogens is 262 g/mol. The first-order valence-corrected chi connectivity index (χ1v) is 4.74. The van der Waals surface area contributed by atoms with Crippen LogP contribution in [0.5, 0.6) is 0 Å². The third-order valence-corrected chi connectivity index (χ3v) is 0.761. The Kier molecular flexibility index (Phi) is 4.19.